The van der Waals surface area contributed by atoms with Gasteiger partial charge in [0.2, 0.25) is 10.0 Å². The molecule has 1 fully saturated rings. The number of esters is 1. The van der Waals surface area contributed by atoms with Gasteiger partial charge in [-0.3, -0.25) is 9.78 Å². The third-order valence-corrected chi connectivity index (χ3v) is 7.72. The van der Waals surface area contributed by atoms with Crippen LogP contribution in [0.3, 0.4) is 0 Å². The molecular formula is C23H20F4N2O4S. The fourth-order valence-corrected chi connectivity index (χ4v) is 5.66. The van der Waals surface area contributed by atoms with E-state index in [0.29, 0.717) is 16.5 Å². The number of carbonyl (C=O) groups is 1. The van der Waals surface area contributed by atoms with E-state index in [9.17, 15) is 30.8 Å². The number of ether oxygens (including phenoxy) is 1. The van der Waals surface area contributed by atoms with E-state index in [-0.39, 0.29) is 32.5 Å². The van der Waals surface area contributed by atoms with E-state index in [0.717, 1.165) is 22.5 Å². The van der Waals surface area contributed by atoms with Crippen LogP contribution in [-0.4, -0.2) is 36.8 Å². The molecule has 0 atom stereocenters. The van der Waals surface area contributed by atoms with Crippen molar-refractivity contribution in [3.05, 3.63) is 71.7 Å². The summed E-state index contributed by atoms with van der Waals surface area (Å²) in [6, 6.07) is 9.92. The van der Waals surface area contributed by atoms with Crippen LogP contribution >= 0.6 is 0 Å². The van der Waals surface area contributed by atoms with Gasteiger partial charge in [-0.1, -0.05) is 18.2 Å². The summed E-state index contributed by atoms with van der Waals surface area (Å²) in [6.45, 7) is -0.366. The Hall–Kier alpha value is -3.05. The first-order valence-corrected chi connectivity index (χ1v) is 11.9. The molecule has 3 aromatic rings. The highest BCUT2D eigenvalue weighted by molar-refractivity contribution is 7.89. The quantitative estimate of drug-likeness (QED) is 0.383. The van der Waals surface area contributed by atoms with Gasteiger partial charge >= 0.3 is 12.1 Å². The molecule has 34 heavy (non-hydrogen) atoms. The van der Waals surface area contributed by atoms with Gasteiger partial charge in [-0.25, -0.2) is 12.8 Å². The Morgan fingerprint density at radius 2 is 1.76 bits per heavy atom. The third-order valence-electron chi connectivity index (χ3n) is 5.77. The van der Waals surface area contributed by atoms with Crippen LogP contribution in [0.2, 0.25) is 0 Å². The number of aromatic nitrogens is 1. The lowest BCUT2D eigenvalue weighted by Crippen LogP contribution is -2.41. The highest BCUT2D eigenvalue weighted by atomic mass is 32.2. The minimum Gasteiger partial charge on any atom is -0.461 e. The van der Waals surface area contributed by atoms with Crippen molar-refractivity contribution in [3.8, 4) is 0 Å². The van der Waals surface area contributed by atoms with Crippen LogP contribution in [0.25, 0.3) is 10.9 Å². The molecular weight excluding hydrogens is 476 g/mol. The van der Waals surface area contributed by atoms with Gasteiger partial charge in [-0.05, 0) is 43.2 Å². The van der Waals surface area contributed by atoms with E-state index in [4.69, 9.17) is 4.74 Å². The monoisotopic (exact) mass is 496 g/mol. The third kappa shape index (κ3) is 4.76. The van der Waals surface area contributed by atoms with Gasteiger partial charge in [-0.15, -0.1) is 0 Å². The summed E-state index contributed by atoms with van der Waals surface area (Å²) in [5.74, 6) is -1.61. The van der Waals surface area contributed by atoms with Gasteiger partial charge in [0.15, 0.2) is 0 Å². The van der Waals surface area contributed by atoms with Crippen LogP contribution in [0.1, 0.15) is 24.0 Å². The molecule has 6 nitrogen and oxygen atoms in total. The van der Waals surface area contributed by atoms with Crippen LogP contribution in [-0.2, 0) is 32.3 Å². The van der Waals surface area contributed by atoms with Crippen molar-refractivity contribution in [1.29, 1.82) is 0 Å². The molecule has 1 aliphatic rings. The van der Waals surface area contributed by atoms with Crippen molar-refractivity contribution >= 4 is 26.9 Å². The number of sulfonamides is 1. The Balaban J connectivity index is 1.41. The second-order valence-electron chi connectivity index (χ2n) is 7.89. The molecule has 2 aromatic carbocycles. The van der Waals surface area contributed by atoms with Gasteiger partial charge in [-0.2, -0.15) is 17.5 Å². The Labute approximate surface area is 193 Å². The Kier molecular flexibility index (Phi) is 6.59. The first-order chi connectivity index (χ1) is 16.1. The minimum atomic E-state index is -4.81. The minimum absolute atomic E-state index is 0.106. The van der Waals surface area contributed by atoms with E-state index < -0.39 is 44.4 Å². The normalized spacial score (nSPS) is 16.0. The molecule has 2 heterocycles. The molecule has 0 N–H and O–H groups in total. The van der Waals surface area contributed by atoms with E-state index >= 15 is 0 Å². The number of nitrogens with zero attached hydrogens (tertiary/aromatic N) is 2. The second kappa shape index (κ2) is 9.30. The van der Waals surface area contributed by atoms with Crippen molar-refractivity contribution in [2.24, 2.45) is 5.92 Å². The number of carbonyl (C=O) groups excluding carboxylic acids is 1. The predicted octanol–water partition coefficient (Wildman–Crippen LogP) is 4.54. The average molecular weight is 496 g/mol. The number of hydrogen-bond donors (Lipinski definition) is 0. The number of hydrogen-bond acceptors (Lipinski definition) is 5. The van der Waals surface area contributed by atoms with Crippen molar-refractivity contribution in [2.75, 3.05) is 13.1 Å². The van der Waals surface area contributed by atoms with Crippen LogP contribution in [0.5, 0.6) is 0 Å². The van der Waals surface area contributed by atoms with Crippen molar-refractivity contribution in [1.82, 2.24) is 9.29 Å². The maximum Gasteiger partial charge on any atom is 0.417 e. The Morgan fingerprint density at radius 3 is 2.47 bits per heavy atom. The average Bonchev–Trinajstić information content (AvgIpc) is 2.83. The second-order valence-corrected chi connectivity index (χ2v) is 9.79. The molecule has 1 saturated heterocycles. The van der Waals surface area contributed by atoms with Crippen molar-refractivity contribution < 1.29 is 35.5 Å². The van der Waals surface area contributed by atoms with Gasteiger partial charge in [0.1, 0.15) is 12.4 Å². The molecule has 0 amide bonds. The molecule has 1 aromatic heterocycles. The molecule has 0 radical (unpaired) electrons. The van der Waals surface area contributed by atoms with Crippen molar-refractivity contribution in [3.63, 3.8) is 0 Å². The van der Waals surface area contributed by atoms with Crippen LogP contribution in [0.15, 0.2) is 59.6 Å². The number of rotatable bonds is 5. The van der Waals surface area contributed by atoms with Crippen molar-refractivity contribution in [2.45, 2.75) is 30.5 Å². The fourth-order valence-electron chi connectivity index (χ4n) is 3.98. The zero-order valence-electron chi connectivity index (χ0n) is 17.8. The number of pyridine rings is 1. The van der Waals surface area contributed by atoms with E-state index in [1.807, 2.05) is 0 Å². The zero-order chi connectivity index (χ0) is 24.5. The summed E-state index contributed by atoms with van der Waals surface area (Å²) in [6.07, 6.45) is -3.10. The summed E-state index contributed by atoms with van der Waals surface area (Å²) in [4.78, 5) is 15.9. The summed E-state index contributed by atoms with van der Waals surface area (Å²) < 4.78 is 85.9. The first-order valence-electron chi connectivity index (χ1n) is 10.4. The molecule has 0 spiro atoms. The largest absolute Gasteiger partial charge is 0.461 e. The molecule has 1 aliphatic heterocycles. The molecule has 0 aliphatic carbocycles. The SMILES string of the molecule is O=C(OCc1ccc(F)c2cccnc12)C1CCN(S(=O)(=O)c2ccccc2C(F)(F)F)CC1. The van der Waals surface area contributed by atoms with Gasteiger partial charge in [0.25, 0.3) is 0 Å². The number of piperidine rings is 1. The summed E-state index contributed by atoms with van der Waals surface area (Å²) in [5, 5.41) is 0.300. The molecule has 0 saturated carbocycles. The van der Waals surface area contributed by atoms with Gasteiger partial charge < -0.3 is 4.74 Å². The van der Waals surface area contributed by atoms with Crippen LogP contribution < -0.4 is 0 Å². The number of fused-ring (bicyclic) bond motifs is 1. The number of benzene rings is 2. The van der Waals surface area contributed by atoms with Crippen LogP contribution in [0.4, 0.5) is 17.6 Å². The number of alkyl halides is 3. The highest BCUT2D eigenvalue weighted by Gasteiger charge is 2.40. The van der Waals surface area contributed by atoms with E-state index in [1.165, 1.54) is 24.4 Å². The van der Waals surface area contributed by atoms with Crippen LogP contribution in [0, 0.1) is 11.7 Å². The molecule has 0 unspecified atom stereocenters. The molecule has 11 heteroatoms. The van der Waals surface area contributed by atoms with E-state index in [1.54, 1.807) is 12.1 Å². The lowest BCUT2D eigenvalue weighted by Gasteiger charge is -2.30. The first kappa shape index (κ1) is 24.1. The Morgan fingerprint density at radius 1 is 1.06 bits per heavy atom. The van der Waals surface area contributed by atoms with Gasteiger partial charge in [0, 0.05) is 30.2 Å². The molecule has 4 rings (SSSR count). The zero-order valence-corrected chi connectivity index (χ0v) is 18.6. The predicted molar refractivity (Wildman–Crippen MR) is 114 cm³/mol. The Bertz CT molecular complexity index is 1320. The summed E-state index contributed by atoms with van der Waals surface area (Å²) >= 11 is 0. The fraction of sp³-hybridized carbons (Fsp3) is 0.304. The lowest BCUT2D eigenvalue weighted by molar-refractivity contribution is -0.151. The van der Waals surface area contributed by atoms with Gasteiger partial charge in [0.05, 0.1) is 21.9 Å². The maximum absolute atomic E-state index is 13.9. The number of halogens is 4. The highest BCUT2D eigenvalue weighted by Crippen LogP contribution is 2.36. The smallest absolute Gasteiger partial charge is 0.417 e. The molecule has 180 valence electrons. The van der Waals surface area contributed by atoms with E-state index in [2.05, 4.69) is 4.98 Å². The lowest BCUT2D eigenvalue weighted by atomic mass is 9.98. The molecule has 0 bridgehead atoms. The summed E-state index contributed by atoms with van der Waals surface area (Å²) in [5.41, 5.74) is -0.328. The summed E-state index contributed by atoms with van der Waals surface area (Å²) in [7, 11) is -4.39. The topological polar surface area (TPSA) is 76.6 Å². The maximum atomic E-state index is 13.9. The standard InChI is InChI=1S/C23H20F4N2O4S/c24-19-8-7-16(21-17(19)4-3-11-28-21)14-33-22(30)15-9-12-29(13-10-15)34(31,32)20-6-2-1-5-18(20)23(25,26)27/h1-8,11,15H,9-10,12-14H2.